The van der Waals surface area contributed by atoms with Gasteiger partial charge in [-0.3, -0.25) is 0 Å². The Morgan fingerprint density at radius 2 is 1.67 bits per heavy atom. The Hall–Kier alpha value is -1.67. The number of benzene rings is 2. The van der Waals surface area contributed by atoms with Crippen LogP contribution in [0, 0.1) is 0 Å². The summed E-state index contributed by atoms with van der Waals surface area (Å²) in [5.41, 5.74) is 8.11. The number of rotatable bonds is 1. The van der Waals surface area contributed by atoms with E-state index in [4.69, 9.17) is 22.4 Å². The molecule has 3 N–H and O–H groups in total. The fourth-order valence-electron chi connectivity index (χ4n) is 1.41. The summed E-state index contributed by atoms with van der Waals surface area (Å²) in [7, 11) is 0. The molecule has 0 aliphatic heterocycles. The van der Waals surface area contributed by atoms with Crippen LogP contribution in [-0.4, -0.2) is 5.11 Å². The van der Waals surface area contributed by atoms with Crippen LogP contribution < -0.4 is 5.73 Å². The van der Waals surface area contributed by atoms with E-state index in [1.54, 1.807) is 24.3 Å². The Morgan fingerprint density at radius 1 is 1.00 bits per heavy atom. The number of halogens is 1. The van der Waals surface area contributed by atoms with Crippen molar-refractivity contribution >= 4 is 17.3 Å². The molecule has 0 radical (unpaired) electrons. The van der Waals surface area contributed by atoms with Crippen LogP contribution in [0.25, 0.3) is 11.1 Å². The van der Waals surface area contributed by atoms with Crippen molar-refractivity contribution in [1.29, 1.82) is 0 Å². The second-order valence-electron chi connectivity index (χ2n) is 3.29. The molecule has 0 unspecified atom stereocenters. The van der Waals surface area contributed by atoms with Crippen molar-refractivity contribution < 1.29 is 5.11 Å². The van der Waals surface area contributed by atoms with E-state index in [0.717, 1.165) is 11.1 Å². The number of phenols is 1. The zero-order valence-corrected chi connectivity index (χ0v) is 8.70. The molecule has 2 aromatic rings. The lowest BCUT2D eigenvalue weighted by Crippen LogP contribution is -1.85. The number of hydrogen-bond acceptors (Lipinski definition) is 2. The lowest BCUT2D eigenvalue weighted by Gasteiger charge is -2.05. The summed E-state index contributed by atoms with van der Waals surface area (Å²) < 4.78 is 0. The van der Waals surface area contributed by atoms with Gasteiger partial charge in [0.1, 0.15) is 5.75 Å². The van der Waals surface area contributed by atoms with E-state index in [1.807, 2.05) is 18.2 Å². The van der Waals surface area contributed by atoms with Crippen molar-refractivity contribution in [2.45, 2.75) is 0 Å². The number of phenolic OH excluding ortho intramolecular Hbond substituents is 1. The van der Waals surface area contributed by atoms with Gasteiger partial charge in [-0.15, -0.1) is 0 Å². The Kier molecular flexibility index (Phi) is 2.52. The summed E-state index contributed by atoms with van der Waals surface area (Å²) in [6, 6.07) is 12.3. The van der Waals surface area contributed by atoms with Gasteiger partial charge in [0.15, 0.2) is 0 Å². The zero-order chi connectivity index (χ0) is 10.8. The lowest BCUT2D eigenvalue weighted by atomic mass is 10.1. The molecule has 0 fully saturated rings. The van der Waals surface area contributed by atoms with E-state index < -0.39 is 0 Å². The molecule has 0 heterocycles. The third kappa shape index (κ3) is 2.05. The van der Waals surface area contributed by atoms with E-state index in [2.05, 4.69) is 0 Å². The molecule has 0 aliphatic carbocycles. The van der Waals surface area contributed by atoms with Crippen LogP contribution in [0.2, 0.25) is 5.02 Å². The predicted octanol–water partition coefficient (Wildman–Crippen LogP) is 3.29. The topological polar surface area (TPSA) is 46.2 Å². The second-order valence-corrected chi connectivity index (χ2v) is 3.69. The van der Waals surface area contributed by atoms with Gasteiger partial charge in [0, 0.05) is 11.3 Å². The molecule has 0 saturated carbocycles. The molecule has 0 saturated heterocycles. The van der Waals surface area contributed by atoms with Crippen molar-refractivity contribution in [3.05, 3.63) is 47.5 Å². The first-order chi connectivity index (χ1) is 7.16. The van der Waals surface area contributed by atoms with E-state index in [1.165, 1.54) is 0 Å². The first-order valence-corrected chi connectivity index (χ1v) is 4.89. The molecule has 0 spiro atoms. The fourth-order valence-corrected chi connectivity index (χ4v) is 1.70. The summed E-state index contributed by atoms with van der Waals surface area (Å²) in [5.74, 6) is 0.241. The van der Waals surface area contributed by atoms with Crippen LogP contribution in [0.5, 0.6) is 5.75 Å². The Bertz CT molecular complexity index is 479. The first-order valence-electron chi connectivity index (χ1n) is 4.51. The smallest absolute Gasteiger partial charge is 0.115 e. The predicted molar refractivity (Wildman–Crippen MR) is 63.0 cm³/mol. The summed E-state index contributed by atoms with van der Waals surface area (Å²) in [6.07, 6.45) is 0. The first kappa shape index (κ1) is 9.87. The second kappa shape index (κ2) is 3.83. The maximum atomic E-state index is 9.16. The minimum absolute atomic E-state index is 0.241. The van der Waals surface area contributed by atoms with Crippen LogP contribution >= 0.6 is 11.6 Å². The average molecular weight is 220 g/mol. The number of anilines is 1. The minimum Gasteiger partial charge on any atom is -0.508 e. The summed E-state index contributed by atoms with van der Waals surface area (Å²) in [5, 5.41) is 9.78. The van der Waals surface area contributed by atoms with E-state index in [0.29, 0.717) is 10.7 Å². The highest BCUT2D eigenvalue weighted by Crippen LogP contribution is 2.30. The maximum Gasteiger partial charge on any atom is 0.115 e. The normalized spacial score (nSPS) is 10.2. The van der Waals surface area contributed by atoms with Crippen molar-refractivity contribution in [2.75, 3.05) is 5.73 Å². The van der Waals surface area contributed by atoms with Crippen LogP contribution in [-0.2, 0) is 0 Å². The van der Waals surface area contributed by atoms with Crippen molar-refractivity contribution in [1.82, 2.24) is 0 Å². The Balaban J connectivity index is 2.49. The minimum atomic E-state index is 0.241. The van der Waals surface area contributed by atoms with Gasteiger partial charge >= 0.3 is 0 Å². The molecule has 15 heavy (non-hydrogen) atoms. The third-order valence-corrected chi connectivity index (χ3v) is 2.48. The molecule has 0 aliphatic rings. The van der Waals surface area contributed by atoms with Gasteiger partial charge in [0.05, 0.1) is 5.02 Å². The number of hydrogen-bond donors (Lipinski definition) is 2. The van der Waals surface area contributed by atoms with E-state index in [-0.39, 0.29) is 5.75 Å². The van der Waals surface area contributed by atoms with Crippen molar-refractivity contribution in [3.63, 3.8) is 0 Å². The SMILES string of the molecule is Nc1ccc(-c2ccc(O)cc2)c(Cl)c1. The Labute approximate surface area is 92.9 Å². The van der Waals surface area contributed by atoms with Gasteiger partial charge in [-0.1, -0.05) is 29.8 Å². The molecular formula is C12H10ClNO. The van der Waals surface area contributed by atoms with Crippen molar-refractivity contribution in [2.24, 2.45) is 0 Å². The van der Waals surface area contributed by atoms with Crippen LogP contribution in [0.1, 0.15) is 0 Å². The van der Waals surface area contributed by atoms with Gasteiger partial charge in [0.25, 0.3) is 0 Å². The summed E-state index contributed by atoms with van der Waals surface area (Å²) in [6.45, 7) is 0. The molecule has 76 valence electrons. The molecule has 2 rings (SSSR count). The van der Waals surface area contributed by atoms with Gasteiger partial charge in [0.2, 0.25) is 0 Å². The highest BCUT2D eigenvalue weighted by molar-refractivity contribution is 6.33. The van der Waals surface area contributed by atoms with Crippen LogP contribution in [0.15, 0.2) is 42.5 Å². The Morgan fingerprint density at radius 3 is 2.27 bits per heavy atom. The average Bonchev–Trinajstić information content (AvgIpc) is 2.20. The number of nitrogens with two attached hydrogens (primary N) is 1. The van der Waals surface area contributed by atoms with Gasteiger partial charge < -0.3 is 10.8 Å². The van der Waals surface area contributed by atoms with Gasteiger partial charge in [-0.2, -0.15) is 0 Å². The number of aromatic hydroxyl groups is 1. The highest BCUT2D eigenvalue weighted by atomic mass is 35.5. The van der Waals surface area contributed by atoms with Gasteiger partial charge in [-0.25, -0.2) is 0 Å². The molecule has 0 aromatic heterocycles. The zero-order valence-electron chi connectivity index (χ0n) is 7.94. The molecule has 2 aromatic carbocycles. The molecule has 0 amide bonds. The molecule has 3 heteroatoms. The molecule has 0 bridgehead atoms. The molecule has 0 atom stereocenters. The lowest BCUT2D eigenvalue weighted by molar-refractivity contribution is 0.475. The summed E-state index contributed by atoms with van der Waals surface area (Å²) >= 11 is 6.06. The van der Waals surface area contributed by atoms with Crippen LogP contribution in [0.4, 0.5) is 5.69 Å². The monoisotopic (exact) mass is 219 g/mol. The van der Waals surface area contributed by atoms with Crippen LogP contribution in [0.3, 0.4) is 0 Å². The van der Waals surface area contributed by atoms with E-state index in [9.17, 15) is 0 Å². The summed E-state index contributed by atoms with van der Waals surface area (Å²) in [4.78, 5) is 0. The van der Waals surface area contributed by atoms with Crippen molar-refractivity contribution in [3.8, 4) is 16.9 Å². The number of nitrogen functional groups attached to an aromatic ring is 1. The quantitative estimate of drug-likeness (QED) is 0.723. The largest absolute Gasteiger partial charge is 0.508 e. The maximum absolute atomic E-state index is 9.16. The fraction of sp³-hybridized carbons (Fsp3) is 0. The van der Waals surface area contributed by atoms with E-state index >= 15 is 0 Å². The highest BCUT2D eigenvalue weighted by Gasteiger charge is 2.03. The third-order valence-electron chi connectivity index (χ3n) is 2.17. The standard InChI is InChI=1S/C12H10ClNO/c13-12-7-9(14)3-6-11(12)8-1-4-10(15)5-2-8/h1-7,15H,14H2. The van der Waals surface area contributed by atoms with Gasteiger partial charge in [-0.05, 0) is 29.8 Å². The molecular weight excluding hydrogens is 210 g/mol. The molecule has 2 nitrogen and oxygen atoms in total.